The van der Waals surface area contributed by atoms with Crippen molar-refractivity contribution < 1.29 is 34.2 Å². The van der Waals surface area contributed by atoms with E-state index in [9.17, 15) is 34.2 Å². The van der Waals surface area contributed by atoms with Crippen LogP contribution >= 0.6 is 0 Å². The number of nitrogens with one attached hydrogen (secondary N) is 3. The molecule has 11 heteroatoms. The van der Waals surface area contributed by atoms with Crippen LogP contribution in [0.2, 0.25) is 0 Å². The molecule has 216 valence electrons. The van der Waals surface area contributed by atoms with Crippen molar-refractivity contribution >= 4 is 29.7 Å². The SMILES string of the molecule is CC(C)CC(N)C(=O)NC(Cc1ccccc1)C(=O)NC(CCC(=O)O)C(=O)NC(Cc1ccccc1)C(=O)O. The molecule has 3 amide bonds. The van der Waals surface area contributed by atoms with E-state index in [0.29, 0.717) is 12.0 Å². The van der Waals surface area contributed by atoms with Crippen molar-refractivity contribution in [2.24, 2.45) is 11.7 Å². The predicted octanol–water partition coefficient (Wildman–Crippen LogP) is 1.25. The Labute approximate surface area is 233 Å². The molecule has 4 atom stereocenters. The van der Waals surface area contributed by atoms with Gasteiger partial charge in [-0.25, -0.2) is 4.79 Å². The lowest BCUT2D eigenvalue weighted by Crippen LogP contribution is -2.58. The van der Waals surface area contributed by atoms with Crippen molar-refractivity contribution in [1.82, 2.24) is 16.0 Å². The molecular weight excluding hydrogens is 516 g/mol. The van der Waals surface area contributed by atoms with Crippen molar-refractivity contribution in [3.8, 4) is 0 Å². The molecule has 0 aliphatic heterocycles. The first-order chi connectivity index (χ1) is 19.0. The second kappa shape index (κ2) is 16.0. The summed E-state index contributed by atoms with van der Waals surface area (Å²) in [6.07, 6.45) is -0.270. The molecule has 11 nitrogen and oxygen atoms in total. The minimum Gasteiger partial charge on any atom is -0.481 e. The molecule has 2 aromatic carbocycles. The molecule has 2 rings (SSSR count). The molecule has 0 aliphatic rings. The molecule has 0 saturated heterocycles. The Morgan fingerprint density at radius 2 is 1.15 bits per heavy atom. The van der Waals surface area contributed by atoms with E-state index in [-0.39, 0.29) is 25.2 Å². The van der Waals surface area contributed by atoms with Gasteiger partial charge in [0, 0.05) is 19.3 Å². The average Bonchev–Trinajstić information content (AvgIpc) is 2.90. The van der Waals surface area contributed by atoms with Gasteiger partial charge in [-0.1, -0.05) is 74.5 Å². The van der Waals surface area contributed by atoms with Crippen molar-refractivity contribution in [3.63, 3.8) is 0 Å². The summed E-state index contributed by atoms with van der Waals surface area (Å²) >= 11 is 0. The van der Waals surface area contributed by atoms with Crippen LogP contribution < -0.4 is 21.7 Å². The molecule has 0 spiro atoms. The number of carbonyl (C=O) groups is 5. The fraction of sp³-hybridized carbons (Fsp3) is 0.414. The number of aliphatic carboxylic acids is 2. The minimum atomic E-state index is -1.36. The zero-order valence-corrected chi connectivity index (χ0v) is 22.7. The number of hydrogen-bond donors (Lipinski definition) is 6. The number of nitrogens with two attached hydrogens (primary N) is 1. The van der Waals surface area contributed by atoms with Crippen LogP contribution in [0.1, 0.15) is 44.2 Å². The minimum absolute atomic E-state index is 0.0120. The maximum Gasteiger partial charge on any atom is 0.326 e. The highest BCUT2D eigenvalue weighted by Crippen LogP contribution is 2.09. The van der Waals surface area contributed by atoms with Crippen LogP contribution in [0.3, 0.4) is 0 Å². The Balaban J connectivity index is 2.23. The lowest BCUT2D eigenvalue weighted by molar-refractivity contribution is -0.143. The Hall–Kier alpha value is -4.25. The molecule has 0 aliphatic carbocycles. The third-order valence-corrected chi connectivity index (χ3v) is 6.15. The number of carbonyl (C=O) groups excluding carboxylic acids is 3. The number of carboxylic acid groups (broad SMARTS) is 2. The zero-order valence-electron chi connectivity index (χ0n) is 22.7. The Morgan fingerprint density at radius 1 is 0.700 bits per heavy atom. The number of amides is 3. The summed E-state index contributed by atoms with van der Waals surface area (Å²) in [5.41, 5.74) is 7.42. The molecule has 0 saturated carbocycles. The molecule has 4 unspecified atom stereocenters. The van der Waals surface area contributed by atoms with E-state index in [1.807, 2.05) is 13.8 Å². The maximum absolute atomic E-state index is 13.4. The summed E-state index contributed by atoms with van der Waals surface area (Å²) in [6.45, 7) is 3.82. The number of benzene rings is 2. The lowest BCUT2D eigenvalue weighted by Gasteiger charge is -2.25. The normalized spacial score (nSPS) is 13.9. The molecule has 0 bridgehead atoms. The summed E-state index contributed by atoms with van der Waals surface area (Å²) in [5, 5.41) is 26.5. The molecule has 0 radical (unpaired) electrons. The fourth-order valence-electron chi connectivity index (χ4n) is 4.08. The van der Waals surface area contributed by atoms with Crippen LogP contribution in [0.25, 0.3) is 0 Å². The van der Waals surface area contributed by atoms with Gasteiger partial charge < -0.3 is 31.9 Å². The second-order valence-electron chi connectivity index (χ2n) is 10.1. The van der Waals surface area contributed by atoms with E-state index in [0.717, 1.165) is 5.56 Å². The Morgan fingerprint density at radius 3 is 1.62 bits per heavy atom. The van der Waals surface area contributed by atoms with Gasteiger partial charge in [0.15, 0.2) is 0 Å². The van der Waals surface area contributed by atoms with Gasteiger partial charge in [-0.2, -0.15) is 0 Å². The zero-order chi connectivity index (χ0) is 29.7. The van der Waals surface area contributed by atoms with Gasteiger partial charge in [-0.3, -0.25) is 19.2 Å². The molecule has 0 heterocycles. The Kier molecular flexibility index (Phi) is 12.8. The number of rotatable bonds is 16. The summed E-state index contributed by atoms with van der Waals surface area (Å²) < 4.78 is 0. The van der Waals surface area contributed by atoms with Gasteiger partial charge in [0.25, 0.3) is 0 Å². The maximum atomic E-state index is 13.4. The highest BCUT2D eigenvalue weighted by molar-refractivity contribution is 5.94. The van der Waals surface area contributed by atoms with E-state index in [1.165, 1.54) is 0 Å². The summed E-state index contributed by atoms with van der Waals surface area (Å²) in [5.74, 6) is -4.45. The van der Waals surface area contributed by atoms with Crippen LogP contribution in [-0.4, -0.2) is 64.0 Å². The summed E-state index contributed by atoms with van der Waals surface area (Å²) in [6, 6.07) is 12.9. The highest BCUT2D eigenvalue weighted by Gasteiger charge is 2.31. The monoisotopic (exact) mass is 554 g/mol. The Bertz CT molecular complexity index is 1140. The van der Waals surface area contributed by atoms with Crippen LogP contribution in [0, 0.1) is 5.92 Å². The summed E-state index contributed by atoms with van der Waals surface area (Å²) in [7, 11) is 0. The van der Waals surface area contributed by atoms with Gasteiger partial charge in [0.1, 0.15) is 18.1 Å². The fourth-order valence-corrected chi connectivity index (χ4v) is 4.08. The topological polar surface area (TPSA) is 188 Å². The van der Waals surface area contributed by atoms with E-state index in [1.54, 1.807) is 60.7 Å². The van der Waals surface area contributed by atoms with Gasteiger partial charge in [0.05, 0.1) is 6.04 Å². The smallest absolute Gasteiger partial charge is 0.326 e. The van der Waals surface area contributed by atoms with Gasteiger partial charge >= 0.3 is 11.9 Å². The number of carboxylic acids is 2. The lowest BCUT2D eigenvalue weighted by atomic mass is 10.0. The standard InChI is InChI=1S/C29H38N4O7/c1-18(2)15-21(30)26(36)32-23(16-19-9-5-3-6-10-19)28(38)31-22(13-14-25(34)35)27(37)33-24(29(39)40)17-20-11-7-4-8-12-20/h3-12,18,21-24H,13-17,30H2,1-2H3,(H,31,38)(H,32,36)(H,33,37)(H,34,35)(H,39,40). The van der Waals surface area contributed by atoms with Crippen molar-refractivity contribution in [3.05, 3.63) is 71.8 Å². The van der Waals surface area contributed by atoms with E-state index < -0.39 is 60.2 Å². The van der Waals surface area contributed by atoms with Gasteiger partial charge in [0.2, 0.25) is 17.7 Å². The highest BCUT2D eigenvalue weighted by atomic mass is 16.4. The van der Waals surface area contributed by atoms with E-state index in [2.05, 4.69) is 16.0 Å². The van der Waals surface area contributed by atoms with E-state index >= 15 is 0 Å². The second-order valence-corrected chi connectivity index (χ2v) is 10.1. The predicted molar refractivity (Wildman–Crippen MR) is 148 cm³/mol. The molecule has 0 aromatic heterocycles. The first-order valence-electron chi connectivity index (χ1n) is 13.1. The van der Waals surface area contributed by atoms with Gasteiger partial charge in [-0.15, -0.1) is 0 Å². The van der Waals surface area contributed by atoms with Crippen molar-refractivity contribution in [1.29, 1.82) is 0 Å². The van der Waals surface area contributed by atoms with Crippen LogP contribution in [0.4, 0.5) is 0 Å². The summed E-state index contributed by atoms with van der Waals surface area (Å²) in [4.78, 5) is 62.4. The van der Waals surface area contributed by atoms with Crippen LogP contribution in [-0.2, 0) is 36.8 Å². The quantitative estimate of drug-likeness (QED) is 0.179. The molecule has 0 fully saturated rings. The molecule has 7 N–H and O–H groups in total. The van der Waals surface area contributed by atoms with Crippen molar-refractivity contribution in [2.75, 3.05) is 0 Å². The van der Waals surface area contributed by atoms with Gasteiger partial charge in [-0.05, 0) is 29.9 Å². The average molecular weight is 555 g/mol. The molecule has 2 aromatic rings. The molecular formula is C29H38N4O7. The first-order valence-corrected chi connectivity index (χ1v) is 13.1. The first kappa shape index (κ1) is 32.0. The van der Waals surface area contributed by atoms with Crippen LogP contribution in [0.15, 0.2) is 60.7 Å². The third kappa shape index (κ3) is 11.2. The van der Waals surface area contributed by atoms with Crippen LogP contribution in [0.5, 0.6) is 0 Å². The van der Waals surface area contributed by atoms with E-state index in [4.69, 9.17) is 5.73 Å². The van der Waals surface area contributed by atoms with Crippen molar-refractivity contribution in [2.45, 2.75) is 70.1 Å². The molecule has 40 heavy (non-hydrogen) atoms. The largest absolute Gasteiger partial charge is 0.481 e. The third-order valence-electron chi connectivity index (χ3n) is 6.15. The number of hydrogen-bond acceptors (Lipinski definition) is 6.